The number of carbonyl (C=O) groups is 1. The first-order valence-corrected chi connectivity index (χ1v) is 11.8. The van der Waals surface area contributed by atoms with Crippen LogP contribution < -0.4 is 5.56 Å². The van der Waals surface area contributed by atoms with Crippen molar-refractivity contribution in [2.75, 3.05) is 6.54 Å². The zero-order valence-corrected chi connectivity index (χ0v) is 18.2. The van der Waals surface area contributed by atoms with Crippen molar-refractivity contribution in [1.82, 2.24) is 14.5 Å². The molecule has 0 N–H and O–H groups in total. The van der Waals surface area contributed by atoms with Gasteiger partial charge in [0.25, 0.3) is 5.56 Å². The highest BCUT2D eigenvalue weighted by atomic mass is 32.1. The molecule has 1 aliphatic carbocycles. The van der Waals surface area contributed by atoms with E-state index in [1.807, 2.05) is 25.1 Å². The molecule has 2 atom stereocenters. The number of fused-ring (bicyclic) bond motifs is 2. The maximum atomic E-state index is 13.3. The quantitative estimate of drug-likeness (QED) is 0.620. The molecule has 156 valence electrons. The molecule has 2 aliphatic rings. The van der Waals surface area contributed by atoms with E-state index in [1.165, 1.54) is 30.3 Å². The summed E-state index contributed by atoms with van der Waals surface area (Å²) in [6.07, 6.45) is 8.68. The molecular formula is C24H27N3O2S. The number of aromatic nitrogens is 2. The fraction of sp³-hybridized carbons (Fsp3) is 0.458. The van der Waals surface area contributed by atoms with Crippen LogP contribution in [0.15, 0.2) is 41.5 Å². The number of aryl methyl sites for hydroxylation is 1. The third-order valence-corrected chi connectivity index (χ3v) is 8.07. The largest absolute Gasteiger partial charge is 0.338 e. The SMILES string of the molecule is Cc1c(-c2ccccc2)sc2ncn(CC(=O)N3CCC[C@H]4CCCC[C@@H]43)c(=O)c12. The highest BCUT2D eigenvalue weighted by Gasteiger charge is 2.35. The van der Waals surface area contributed by atoms with Gasteiger partial charge in [0, 0.05) is 17.5 Å². The molecule has 0 radical (unpaired) electrons. The first kappa shape index (κ1) is 19.5. The Morgan fingerprint density at radius 2 is 1.90 bits per heavy atom. The minimum Gasteiger partial charge on any atom is -0.338 e. The molecule has 1 aliphatic heterocycles. The Balaban J connectivity index is 1.45. The van der Waals surface area contributed by atoms with Gasteiger partial charge in [-0.05, 0) is 49.7 Å². The molecule has 2 fully saturated rings. The maximum Gasteiger partial charge on any atom is 0.262 e. The summed E-state index contributed by atoms with van der Waals surface area (Å²) in [4.78, 5) is 34.8. The summed E-state index contributed by atoms with van der Waals surface area (Å²) in [5.74, 6) is 0.701. The monoisotopic (exact) mass is 421 g/mol. The number of benzene rings is 1. The number of piperidine rings is 1. The molecule has 3 aromatic rings. The van der Waals surface area contributed by atoms with Gasteiger partial charge in [0.2, 0.25) is 5.91 Å². The molecule has 3 heterocycles. The van der Waals surface area contributed by atoms with Crippen molar-refractivity contribution in [2.24, 2.45) is 5.92 Å². The number of nitrogens with zero attached hydrogens (tertiary/aromatic N) is 3. The van der Waals surface area contributed by atoms with Gasteiger partial charge < -0.3 is 4.90 Å². The Bertz CT molecular complexity index is 1130. The number of likely N-dealkylation sites (tertiary alicyclic amines) is 1. The topological polar surface area (TPSA) is 55.2 Å². The van der Waals surface area contributed by atoms with Crippen molar-refractivity contribution in [1.29, 1.82) is 0 Å². The van der Waals surface area contributed by atoms with Gasteiger partial charge in [-0.2, -0.15) is 0 Å². The van der Waals surface area contributed by atoms with Crippen molar-refractivity contribution in [3.05, 3.63) is 52.6 Å². The average molecular weight is 422 g/mol. The van der Waals surface area contributed by atoms with Crippen molar-refractivity contribution in [3.8, 4) is 10.4 Å². The van der Waals surface area contributed by atoms with E-state index in [9.17, 15) is 9.59 Å². The first-order chi connectivity index (χ1) is 14.6. The minimum absolute atomic E-state index is 0.0611. The van der Waals surface area contributed by atoms with Crippen LogP contribution in [0, 0.1) is 12.8 Å². The van der Waals surface area contributed by atoms with Crippen molar-refractivity contribution >= 4 is 27.5 Å². The summed E-state index contributed by atoms with van der Waals surface area (Å²) >= 11 is 1.54. The molecule has 6 heteroatoms. The lowest BCUT2D eigenvalue weighted by atomic mass is 9.78. The predicted molar refractivity (Wildman–Crippen MR) is 121 cm³/mol. The van der Waals surface area contributed by atoms with Crippen LogP contribution in [0.25, 0.3) is 20.7 Å². The van der Waals surface area contributed by atoms with Crippen molar-refractivity contribution in [3.63, 3.8) is 0 Å². The van der Waals surface area contributed by atoms with Crippen LogP contribution in [0.4, 0.5) is 0 Å². The van der Waals surface area contributed by atoms with E-state index in [1.54, 1.807) is 17.7 Å². The summed E-state index contributed by atoms with van der Waals surface area (Å²) in [5, 5.41) is 0.642. The fourth-order valence-corrected chi connectivity index (χ4v) is 6.45. The number of hydrogen-bond donors (Lipinski definition) is 0. The zero-order chi connectivity index (χ0) is 20.7. The fourth-order valence-electron chi connectivity index (χ4n) is 5.31. The molecule has 1 amide bonds. The minimum atomic E-state index is -0.110. The third kappa shape index (κ3) is 3.37. The van der Waals surface area contributed by atoms with Gasteiger partial charge in [-0.3, -0.25) is 14.2 Å². The summed E-state index contributed by atoms with van der Waals surface area (Å²) < 4.78 is 1.51. The van der Waals surface area contributed by atoms with E-state index in [2.05, 4.69) is 22.0 Å². The van der Waals surface area contributed by atoms with Crippen LogP contribution in [-0.4, -0.2) is 32.9 Å². The van der Waals surface area contributed by atoms with E-state index in [0.29, 0.717) is 17.3 Å². The van der Waals surface area contributed by atoms with Gasteiger partial charge in [-0.25, -0.2) is 4.98 Å². The molecule has 2 aromatic heterocycles. The van der Waals surface area contributed by atoms with Crippen LogP contribution in [-0.2, 0) is 11.3 Å². The summed E-state index contributed by atoms with van der Waals surface area (Å²) in [7, 11) is 0. The molecule has 0 bridgehead atoms. The number of amides is 1. The van der Waals surface area contributed by atoms with Gasteiger partial charge in [-0.15, -0.1) is 11.3 Å². The zero-order valence-electron chi connectivity index (χ0n) is 17.3. The molecule has 1 saturated heterocycles. The van der Waals surface area contributed by atoms with Gasteiger partial charge in [0.1, 0.15) is 11.4 Å². The van der Waals surface area contributed by atoms with Crippen LogP contribution in [0.1, 0.15) is 44.1 Å². The molecule has 5 nitrogen and oxygen atoms in total. The van der Waals surface area contributed by atoms with E-state index in [4.69, 9.17) is 0 Å². The highest BCUT2D eigenvalue weighted by molar-refractivity contribution is 7.22. The van der Waals surface area contributed by atoms with E-state index >= 15 is 0 Å². The van der Waals surface area contributed by atoms with Crippen LogP contribution in [0.5, 0.6) is 0 Å². The van der Waals surface area contributed by atoms with E-state index in [0.717, 1.165) is 40.2 Å². The molecule has 1 saturated carbocycles. The normalized spacial score (nSPS) is 21.6. The van der Waals surface area contributed by atoms with Gasteiger partial charge in [0.15, 0.2) is 0 Å². The molecular weight excluding hydrogens is 394 g/mol. The Kier molecular flexibility index (Phi) is 5.19. The van der Waals surface area contributed by atoms with Crippen LogP contribution in [0.2, 0.25) is 0 Å². The summed E-state index contributed by atoms with van der Waals surface area (Å²) in [5.41, 5.74) is 1.93. The lowest BCUT2D eigenvalue weighted by Gasteiger charge is -2.44. The van der Waals surface area contributed by atoms with Gasteiger partial charge in [-0.1, -0.05) is 43.2 Å². The van der Waals surface area contributed by atoms with Gasteiger partial charge in [0.05, 0.1) is 11.7 Å². The Labute approximate surface area is 180 Å². The predicted octanol–water partition coefficient (Wildman–Crippen LogP) is 4.61. The summed E-state index contributed by atoms with van der Waals surface area (Å²) in [6, 6.07) is 10.5. The van der Waals surface area contributed by atoms with Crippen molar-refractivity contribution in [2.45, 2.75) is 58.0 Å². The number of hydrogen-bond acceptors (Lipinski definition) is 4. The second-order valence-corrected chi connectivity index (χ2v) is 9.62. The van der Waals surface area contributed by atoms with E-state index < -0.39 is 0 Å². The lowest BCUT2D eigenvalue weighted by Crippen LogP contribution is -2.51. The average Bonchev–Trinajstić information content (AvgIpc) is 3.13. The van der Waals surface area contributed by atoms with Crippen molar-refractivity contribution < 1.29 is 4.79 Å². The third-order valence-electron chi connectivity index (χ3n) is 6.82. The first-order valence-electron chi connectivity index (χ1n) is 11.0. The molecule has 1 aromatic carbocycles. The molecule has 0 unspecified atom stereocenters. The molecule has 30 heavy (non-hydrogen) atoms. The Morgan fingerprint density at radius 1 is 1.13 bits per heavy atom. The van der Waals surface area contributed by atoms with Crippen LogP contribution in [0.3, 0.4) is 0 Å². The van der Waals surface area contributed by atoms with E-state index in [-0.39, 0.29) is 18.0 Å². The highest BCUT2D eigenvalue weighted by Crippen LogP contribution is 2.36. The standard InChI is InChI=1S/C24H27N3O2S/c1-16-21-23(30-22(16)18-9-3-2-4-10-18)25-15-26(24(21)29)14-20(28)27-13-7-11-17-8-5-6-12-19(17)27/h2-4,9-10,15,17,19H,5-8,11-14H2,1H3/t17-,19+/m1/s1. The number of carbonyl (C=O) groups excluding carboxylic acids is 1. The van der Waals surface area contributed by atoms with Gasteiger partial charge >= 0.3 is 0 Å². The second kappa shape index (κ2) is 7.99. The van der Waals surface area contributed by atoms with Crippen LogP contribution >= 0.6 is 11.3 Å². The maximum absolute atomic E-state index is 13.3. The Hall–Kier alpha value is -2.47. The number of thiophene rings is 1. The smallest absolute Gasteiger partial charge is 0.262 e. The Morgan fingerprint density at radius 3 is 2.73 bits per heavy atom. The molecule has 5 rings (SSSR count). The lowest BCUT2D eigenvalue weighted by molar-refractivity contribution is -0.138. The second-order valence-electron chi connectivity index (χ2n) is 8.62. The summed E-state index contributed by atoms with van der Waals surface area (Å²) in [6.45, 7) is 2.88. The number of rotatable bonds is 3. The molecule has 0 spiro atoms.